The summed E-state index contributed by atoms with van der Waals surface area (Å²) in [5.74, 6) is 0.429. The number of nitrogens with one attached hydrogen (secondary N) is 1. The summed E-state index contributed by atoms with van der Waals surface area (Å²) in [5.41, 5.74) is 2.80. The zero-order valence-corrected chi connectivity index (χ0v) is 16.0. The van der Waals surface area contributed by atoms with Crippen LogP contribution < -0.4 is 10.1 Å². The van der Waals surface area contributed by atoms with E-state index in [1.807, 2.05) is 30.0 Å². The number of anilines is 1. The van der Waals surface area contributed by atoms with Crippen molar-refractivity contribution in [2.24, 2.45) is 0 Å². The molecule has 1 aliphatic heterocycles. The molecule has 1 aliphatic rings. The smallest absolute Gasteiger partial charge is 0.255 e. The fourth-order valence-corrected chi connectivity index (χ4v) is 3.33. The van der Waals surface area contributed by atoms with Gasteiger partial charge in [-0.2, -0.15) is 0 Å². The molecule has 27 heavy (non-hydrogen) atoms. The number of hydrogen-bond donors (Lipinski definition) is 1. The summed E-state index contributed by atoms with van der Waals surface area (Å²) in [4.78, 5) is 27.1. The van der Waals surface area contributed by atoms with Crippen molar-refractivity contribution in [3.63, 3.8) is 0 Å². The number of ether oxygens (including phenoxy) is 1. The van der Waals surface area contributed by atoms with Gasteiger partial charge in [0, 0.05) is 24.2 Å². The molecule has 1 N–H and O–H groups in total. The van der Waals surface area contributed by atoms with Crippen molar-refractivity contribution in [1.82, 2.24) is 4.90 Å². The fraction of sp³-hybridized carbons (Fsp3) is 0.364. The van der Waals surface area contributed by atoms with E-state index in [1.54, 1.807) is 31.4 Å². The van der Waals surface area contributed by atoms with Crippen molar-refractivity contribution in [3.05, 3.63) is 59.2 Å². The number of benzene rings is 2. The van der Waals surface area contributed by atoms with Gasteiger partial charge in [-0.15, -0.1) is 0 Å². The summed E-state index contributed by atoms with van der Waals surface area (Å²) in [6.45, 7) is 3.58. The van der Waals surface area contributed by atoms with Crippen LogP contribution in [0.4, 0.5) is 5.69 Å². The molecule has 5 heteroatoms. The summed E-state index contributed by atoms with van der Waals surface area (Å²) in [6, 6.07) is 12.5. The van der Waals surface area contributed by atoms with E-state index in [2.05, 4.69) is 5.32 Å². The molecule has 2 amide bonds. The fourth-order valence-electron chi connectivity index (χ4n) is 3.33. The highest BCUT2D eigenvalue weighted by atomic mass is 16.5. The molecular weight excluding hydrogens is 340 g/mol. The highest BCUT2D eigenvalue weighted by molar-refractivity contribution is 6.05. The second kappa shape index (κ2) is 8.71. The van der Waals surface area contributed by atoms with Crippen LogP contribution in [0.5, 0.6) is 5.75 Å². The van der Waals surface area contributed by atoms with Gasteiger partial charge in [-0.25, -0.2) is 0 Å². The minimum atomic E-state index is -0.229. The van der Waals surface area contributed by atoms with Gasteiger partial charge in [0.15, 0.2) is 0 Å². The third-order valence-corrected chi connectivity index (χ3v) is 4.89. The lowest BCUT2D eigenvalue weighted by Crippen LogP contribution is -2.31. The van der Waals surface area contributed by atoms with Gasteiger partial charge in [-0.1, -0.05) is 18.9 Å². The molecule has 1 fully saturated rings. The Bertz CT molecular complexity index is 807. The Kier molecular flexibility index (Phi) is 6.12. The predicted octanol–water partition coefficient (Wildman–Crippen LogP) is 4.27. The monoisotopic (exact) mass is 366 g/mol. The number of likely N-dealkylation sites (tertiary alicyclic amines) is 1. The molecule has 1 saturated heterocycles. The average molecular weight is 366 g/mol. The molecule has 1 heterocycles. The summed E-state index contributed by atoms with van der Waals surface area (Å²) < 4.78 is 5.30. The Hall–Kier alpha value is -2.82. The molecule has 5 nitrogen and oxygen atoms in total. The third-order valence-electron chi connectivity index (χ3n) is 4.89. The molecule has 0 unspecified atom stereocenters. The Balaban J connectivity index is 1.70. The minimum Gasteiger partial charge on any atom is -0.495 e. The molecular formula is C22H26N2O3. The third kappa shape index (κ3) is 4.67. The second-order valence-electron chi connectivity index (χ2n) is 6.94. The molecule has 0 atom stereocenters. The van der Waals surface area contributed by atoms with Crippen LogP contribution in [-0.4, -0.2) is 36.9 Å². The summed E-state index contributed by atoms with van der Waals surface area (Å²) >= 11 is 0. The Morgan fingerprint density at radius 3 is 2.19 bits per heavy atom. The summed E-state index contributed by atoms with van der Waals surface area (Å²) in [7, 11) is 1.57. The van der Waals surface area contributed by atoms with Crippen molar-refractivity contribution in [3.8, 4) is 5.75 Å². The Morgan fingerprint density at radius 2 is 1.56 bits per heavy atom. The molecule has 0 bridgehead atoms. The van der Waals surface area contributed by atoms with Gasteiger partial charge in [0.1, 0.15) is 5.75 Å². The lowest BCUT2D eigenvalue weighted by Gasteiger charge is -2.20. The highest BCUT2D eigenvalue weighted by Gasteiger charge is 2.18. The van der Waals surface area contributed by atoms with Crippen molar-refractivity contribution in [2.75, 3.05) is 25.5 Å². The van der Waals surface area contributed by atoms with E-state index >= 15 is 0 Å². The number of methoxy groups -OCH3 is 1. The predicted molar refractivity (Wildman–Crippen MR) is 106 cm³/mol. The van der Waals surface area contributed by atoms with E-state index in [9.17, 15) is 9.59 Å². The molecule has 2 aromatic carbocycles. The van der Waals surface area contributed by atoms with Crippen LogP contribution in [0, 0.1) is 6.92 Å². The van der Waals surface area contributed by atoms with E-state index in [4.69, 9.17) is 4.74 Å². The lowest BCUT2D eigenvalue weighted by atomic mass is 10.1. The number of amides is 2. The molecule has 0 aliphatic carbocycles. The van der Waals surface area contributed by atoms with Crippen LogP contribution >= 0.6 is 0 Å². The first-order valence-corrected chi connectivity index (χ1v) is 9.44. The lowest BCUT2D eigenvalue weighted by molar-refractivity contribution is 0.0761. The van der Waals surface area contributed by atoms with Gasteiger partial charge in [0.05, 0.1) is 12.8 Å². The minimum absolute atomic E-state index is 0.0456. The molecule has 0 aromatic heterocycles. The molecule has 3 rings (SSSR count). The molecule has 142 valence electrons. The first-order chi connectivity index (χ1) is 13.1. The topological polar surface area (TPSA) is 58.6 Å². The number of nitrogens with zero attached hydrogens (tertiary/aromatic N) is 1. The average Bonchev–Trinajstić information content (AvgIpc) is 2.97. The summed E-state index contributed by atoms with van der Waals surface area (Å²) in [5, 5.41) is 2.88. The first-order valence-electron chi connectivity index (χ1n) is 9.44. The maximum absolute atomic E-state index is 12.7. The maximum Gasteiger partial charge on any atom is 0.255 e. The standard InChI is InChI=1S/C22H26N2O3/c1-16-7-12-20(27-2)19(15-16)23-21(25)17-8-10-18(11-9-17)22(26)24-13-5-3-4-6-14-24/h7-12,15H,3-6,13-14H2,1-2H3,(H,23,25). The zero-order chi connectivity index (χ0) is 19.2. The Morgan fingerprint density at radius 1 is 0.926 bits per heavy atom. The van der Waals surface area contributed by atoms with Gasteiger partial charge < -0.3 is 15.0 Å². The number of carbonyl (C=O) groups is 2. The van der Waals surface area contributed by atoms with Crippen LogP contribution in [0.15, 0.2) is 42.5 Å². The van der Waals surface area contributed by atoms with E-state index in [-0.39, 0.29) is 11.8 Å². The second-order valence-corrected chi connectivity index (χ2v) is 6.94. The SMILES string of the molecule is COc1ccc(C)cc1NC(=O)c1ccc(C(=O)N2CCCCCC2)cc1. The van der Waals surface area contributed by atoms with Crippen molar-refractivity contribution >= 4 is 17.5 Å². The van der Waals surface area contributed by atoms with Gasteiger partial charge in [-0.3, -0.25) is 9.59 Å². The quantitative estimate of drug-likeness (QED) is 0.879. The number of carbonyl (C=O) groups excluding carboxylic acids is 2. The molecule has 2 aromatic rings. The van der Waals surface area contributed by atoms with Gasteiger partial charge in [0.25, 0.3) is 11.8 Å². The highest BCUT2D eigenvalue weighted by Crippen LogP contribution is 2.25. The van der Waals surface area contributed by atoms with E-state index in [1.165, 1.54) is 12.8 Å². The van der Waals surface area contributed by atoms with E-state index in [0.29, 0.717) is 22.6 Å². The first kappa shape index (κ1) is 19.0. The van der Waals surface area contributed by atoms with Crippen LogP contribution in [0.1, 0.15) is 52.0 Å². The van der Waals surface area contributed by atoms with Crippen molar-refractivity contribution < 1.29 is 14.3 Å². The van der Waals surface area contributed by atoms with Crippen LogP contribution in [0.2, 0.25) is 0 Å². The molecule has 0 spiro atoms. The van der Waals surface area contributed by atoms with Gasteiger partial charge in [0.2, 0.25) is 0 Å². The maximum atomic E-state index is 12.7. The van der Waals surface area contributed by atoms with Crippen LogP contribution in [0.25, 0.3) is 0 Å². The van der Waals surface area contributed by atoms with Gasteiger partial charge in [-0.05, 0) is 61.7 Å². The Labute approximate surface area is 160 Å². The van der Waals surface area contributed by atoms with Crippen molar-refractivity contribution in [1.29, 1.82) is 0 Å². The van der Waals surface area contributed by atoms with Crippen LogP contribution in [-0.2, 0) is 0 Å². The van der Waals surface area contributed by atoms with E-state index < -0.39 is 0 Å². The normalized spacial score (nSPS) is 14.4. The summed E-state index contributed by atoms with van der Waals surface area (Å²) in [6.07, 6.45) is 4.49. The number of hydrogen-bond acceptors (Lipinski definition) is 3. The largest absolute Gasteiger partial charge is 0.495 e. The number of rotatable bonds is 4. The van der Waals surface area contributed by atoms with Gasteiger partial charge >= 0.3 is 0 Å². The van der Waals surface area contributed by atoms with Crippen molar-refractivity contribution in [2.45, 2.75) is 32.6 Å². The zero-order valence-electron chi connectivity index (χ0n) is 16.0. The number of aryl methyl sites for hydroxylation is 1. The van der Waals surface area contributed by atoms with E-state index in [0.717, 1.165) is 31.5 Å². The molecule has 0 saturated carbocycles. The van der Waals surface area contributed by atoms with Crippen LogP contribution in [0.3, 0.4) is 0 Å². The molecule has 0 radical (unpaired) electrons.